The number of fused-ring (bicyclic) bond motifs is 6. The predicted octanol–water partition coefficient (Wildman–Crippen LogP) is 3.27. The fourth-order valence-corrected chi connectivity index (χ4v) is 5.67. The molecule has 4 heterocycles. The first-order valence-corrected chi connectivity index (χ1v) is 11.5. The summed E-state index contributed by atoms with van der Waals surface area (Å²) in [6.45, 7) is 1.66. The molecule has 2 bridgehead atoms. The molecule has 1 unspecified atom stereocenters. The van der Waals surface area contributed by atoms with Gasteiger partial charge in [-0.1, -0.05) is 24.3 Å². The highest BCUT2D eigenvalue weighted by Crippen LogP contribution is 2.65. The highest BCUT2D eigenvalue weighted by molar-refractivity contribution is 5.95. The molecule has 4 aromatic rings. The van der Waals surface area contributed by atoms with E-state index in [9.17, 15) is 25.4 Å². The molecule has 4 N–H and O–H groups in total. The lowest BCUT2D eigenvalue weighted by molar-refractivity contribution is -0.107. The molecule has 0 saturated carbocycles. The summed E-state index contributed by atoms with van der Waals surface area (Å²) in [5.41, 5.74) is -0.913. The summed E-state index contributed by atoms with van der Waals surface area (Å²) in [6, 6.07) is 13.8. The van der Waals surface area contributed by atoms with E-state index < -0.39 is 23.3 Å². The topological polar surface area (TPSA) is 171 Å². The van der Waals surface area contributed by atoms with Crippen molar-refractivity contribution in [3.8, 4) is 29.4 Å². The first-order chi connectivity index (χ1) is 17.7. The smallest absolute Gasteiger partial charge is 0.374 e. The lowest BCUT2D eigenvalue weighted by Crippen LogP contribution is -2.33. The summed E-state index contributed by atoms with van der Waals surface area (Å²) < 4.78 is 17.8. The number of rotatable bonds is 6. The van der Waals surface area contributed by atoms with Crippen LogP contribution in [0.5, 0.6) is 17.6 Å². The van der Waals surface area contributed by atoms with Crippen LogP contribution in [-0.4, -0.2) is 48.8 Å². The summed E-state index contributed by atoms with van der Waals surface area (Å²) in [6.07, 6.45) is -0.665. The number of carboxylic acid groups (broad SMARTS) is 1. The third kappa shape index (κ3) is 3.06. The Bertz CT molecular complexity index is 1630. The van der Waals surface area contributed by atoms with Gasteiger partial charge in [0.2, 0.25) is 17.5 Å². The second-order valence-electron chi connectivity index (χ2n) is 9.38. The number of nitrogens with zero attached hydrogens (tertiary/aromatic N) is 3. The molecule has 0 spiro atoms. The maximum atomic E-state index is 11.5. The Morgan fingerprint density at radius 2 is 1.95 bits per heavy atom. The number of aliphatic hydroxyl groups excluding tert-OH is 1. The van der Waals surface area contributed by atoms with Crippen molar-refractivity contribution < 1.29 is 39.2 Å². The maximum absolute atomic E-state index is 11.5. The number of aliphatic hydroxyl groups is 1. The molecular formula is C26H21N3O8. The summed E-state index contributed by atoms with van der Waals surface area (Å²) in [4.78, 5) is 11.0. The lowest BCUT2D eigenvalue weighted by atomic mass is 9.76. The number of hydrogen-bond acceptors (Lipinski definition) is 9. The van der Waals surface area contributed by atoms with Gasteiger partial charge in [-0.2, -0.15) is 5.26 Å². The number of carboxylic acids is 1. The van der Waals surface area contributed by atoms with Crippen molar-refractivity contribution in [1.82, 2.24) is 9.72 Å². The van der Waals surface area contributed by atoms with E-state index in [1.54, 1.807) is 43.3 Å². The zero-order valence-electron chi connectivity index (χ0n) is 19.5. The molecule has 0 radical (unpaired) electrons. The van der Waals surface area contributed by atoms with Crippen LogP contribution >= 0.6 is 0 Å². The number of aromatic carboxylic acids is 1. The molecule has 0 amide bonds. The first-order valence-electron chi connectivity index (χ1n) is 11.5. The second kappa shape index (κ2) is 7.73. The molecule has 188 valence electrons. The molecule has 37 heavy (non-hydrogen) atoms. The molecule has 3 atom stereocenters. The Morgan fingerprint density at radius 1 is 1.22 bits per heavy atom. The number of carbonyl (C=O) groups is 1. The van der Waals surface area contributed by atoms with Gasteiger partial charge in [0.25, 0.3) is 5.88 Å². The third-order valence-corrected chi connectivity index (χ3v) is 7.36. The van der Waals surface area contributed by atoms with Gasteiger partial charge in [-0.15, -0.1) is 0 Å². The number of hydrogen-bond donors (Lipinski definition) is 4. The highest BCUT2D eigenvalue weighted by Gasteiger charge is 2.66. The van der Waals surface area contributed by atoms with Gasteiger partial charge in [-0.3, -0.25) is 4.57 Å². The predicted molar refractivity (Wildman–Crippen MR) is 126 cm³/mol. The SMILES string of the molecule is C[C@@]12O[C@@](CCOc3cc(C(=O)O)on3)(CC1O)c1c2c(O)n(-c2ccc(C#N)c3ccccc23)c1O. The van der Waals surface area contributed by atoms with E-state index >= 15 is 0 Å². The average Bonchev–Trinajstić information content (AvgIpc) is 3.58. The minimum absolute atomic E-state index is 0.000981. The Labute approximate surface area is 209 Å². The standard InChI is InChI=1S/C26H21N3O8/c1-25-18(30)11-26(37-25,8-9-35-19-10-17(24(33)34)36-28-19)21-20(25)22(31)29(23(21)32)16-7-6-13(12-27)14-4-2-3-5-15(14)16/h2-7,10,18,30-32H,8-9,11H2,1H3,(H,33,34)/t18?,25-,26+/m1/s1. The fraction of sp³-hybridized carbons (Fsp3) is 0.269. The minimum atomic E-state index is -1.28. The quantitative estimate of drug-likeness (QED) is 0.306. The highest BCUT2D eigenvalue weighted by atomic mass is 16.6. The van der Waals surface area contributed by atoms with Crippen LogP contribution in [0.1, 0.15) is 47.0 Å². The molecule has 2 aliphatic rings. The number of aromatic hydroxyl groups is 2. The zero-order chi connectivity index (χ0) is 26.1. The summed E-state index contributed by atoms with van der Waals surface area (Å²) >= 11 is 0. The maximum Gasteiger partial charge on any atom is 0.374 e. The summed E-state index contributed by atoms with van der Waals surface area (Å²) in [5.74, 6) is -2.19. The van der Waals surface area contributed by atoms with Gasteiger partial charge in [0, 0.05) is 23.6 Å². The number of nitriles is 1. The van der Waals surface area contributed by atoms with E-state index in [4.69, 9.17) is 19.1 Å². The van der Waals surface area contributed by atoms with Gasteiger partial charge >= 0.3 is 5.97 Å². The van der Waals surface area contributed by atoms with E-state index in [0.29, 0.717) is 27.6 Å². The summed E-state index contributed by atoms with van der Waals surface area (Å²) in [7, 11) is 0. The minimum Gasteiger partial charge on any atom is -0.494 e. The van der Waals surface area contributed by atoms with Crippen molar-refractivity contribution >= 4 is 16.7 Å². The molecule has 2 aromatic carbocycles. The van der Waals surface area contributed by atoms with E-state index in [-0.39, 0.29) is 48.4 Å². The second-order valence-corrected chi connectivity index (χ2v) is 9.38. The van der Waals surface area contributed by atoms with Crippen LogP contribution in [0, 0.1) is 11.3 Å². The largest absolute Gasteiger partial charge is 0.494 e. The van der Waals surface area contributed by atoms with Gasteiger partial charge in [-0.25, -0.2) is 4.79 Å². The summed E-state index contributed by atoms with van der Waals surface area (Å²) in [5, 5.41) is 57.2. The molecule has 11 nitrogen and oxygen atoms in total. The number of ether oxygens (including phenoxy) is 2. The van der Waals surface area contributed by atoms with Gasteiger partial charge in [-0.05, 0) is 24.2 Å². The molecule has 6 rings (SSSR count). The first kappa shape index (κ1) is 22.9. The van der Waals surface area contributed by atoms with E-state index in [1.807, 2.05) is 0 Å². The van der Waals surface area contributed by atoms with Gasteiger partial charge in [0.15, 0.2) is 0 Å². The van der Waals surface area contributed by atoms with Crippen LogP contribution < -0.4 is 4.74 Å². The molecule has 0 aliphatic carbocycles. The monoisotopic (exact) mass is 503 g/mol. The van der Waals surface area contributed by atoms with Crippen molar-refractivity contribution in [2.45, 2.75) is 37.1 Å². The zero-order valence-corrected chi connectivity index (χ0v) is 19.5. The third-order valence-electron chi connectivity index (χ3n) is 7.36. The Morgan fingerprint density at radius 3 is 2.65 bits per heavy atom. The molecule has 1 fully saturated rings. The number of aromatic nitrogens is 2. The van der Waals surface area contributed by atoms with Crippen LogP contribution in [0.25, 0.3) is 16.5 Å². The van der Waals surface area contributed by atoms with Gasteiger partial charge in [0.05, 0.1) is 47.2 Å². The average molecular weight is 503 g/mol. The lowest BCUT2D eigenvalue weighted by Gasteiger charge is -2.26. The van der Waals surface area contributed by atoms with Gasteiger partial charge < -0.3 is 34.4 Å². The van der Waals surface area contributed by atoms with Crippen molar-refractivity contribution in [2.75, 3.05) is 6.61 Å². The van der Waals surface area contributed by atoms with Crippen LogP contribution in [0.3, 0.4) is 0 Å². The fourth-order valence-electron chi connectivity index (χ4n) is 5.67. The van der Waals surface area contributed by atoms with Crippen LogP contribution in [-0.2, 0) is 15.9 Å². The molecule has 2 aliphatic heterocycles. The Balaban J connectivity index is 1.43. The number of benzene rings is 2. The molecule has 2 aromatic heterocycles. The molecule has 1 saturated heterocycles. The van der Waals surface area contributed by atoms with Crippen molar-refractivity contribution in [2.24, 2.45) is 0 Å². The molecular weight excluding hydrogens is 482 g/mol. The molecule has 11 heteroatoms. The Kier molecular flexibility index (Phi) is 4.79. The van der Waals surface area contributed by atoms with E-state index in [1.165, 1.54) is 4.57 Å². The van der Waals surface area contributed by atoms with Crippen LogP contribution in [0.4, 0.5) is 0 Å². The van der Waals surface area contributed by atoms with Crippen molar-refractivity contribution in [3.05, 3.63) is 64.9 Å². The van der Waals surface area contributed by atoms with Crippen LogP contribution in [0.2, 0.25) is 0 Å². The van der Waals surface area contributed by atoms with Gasteiger partial charge in [0.1, 0.15) is 11.2 Å². The van der Waals surface area contributed by atoms with E-state index in [2.05, 4.69) is 11.2 Å². The van der Waals surface area contributed by atoms with Crippen LogP contribution in [0.15, 0.2) is 47.0 Å². The van der Waals surface area contributed by atoms with E-state index in [0.717, 1.165) is 6.07 Å². The Hall–Kier alpha value is -4.53. The van der Waals surface area contributed by atoms with Crippen molar-refractivity contribution in [1.29, 1.82) is 5.26 Å². The normalized spacial score (nSPS) is 23.8. The van der Waals surface area contributed by atoms with Crippen molar-refractivity contribution in [3.63, 3.8) is 0 Å².